The average molecular weight is 556 g/mol. The van der Waals surface area contributed by atoms with Crippen LogP contribution in [-0.4, -0.2) is 47.0 Å². The van der Waals surface area contributed by atoms with E-state index < -0.39 is 17.6 Å². The summed E-state index contributed by atoms with van der Waals surface area (Å²) in [5.74, 6) is 0.393. The molecule has 2 N–H and O–H groups in total. The summed E-state index contributed by atoms with van der Waals surface area (Å²) in [5.41, 5.74) is -2.83. The molecule has 1 unspecified atom stereocenters. The molecule has 0 radical (unpaired) electrons. The zero-order valence-corrected chi connectivity index (χ0v) is 19.8. The van der Waals surface area contributed by atoms with Crippen LogP contribution in [0, 0.1) is 0 Å². The van der Waals surface area contributed by atoms with Crippen LogP contribution in [0.2, 0.25) is 0 Å². The van der Waals surface area contributed by atoms with Crippen molar-refractivity contribution in [2.45, 2.75) is 18.1 Å². The predicted octanol–water partition coefficient (Wildman–Crippen LogP) is 5.18. The van der Waals surface area contributed by atoms with Crippen LogP contribution in [0.3, 0.4) is 0 Å². The van der Waals surface area contributed by atoms with Crippen molar-refractivity contribution in [2.75, 3.05) is 23.3 Å². The molecule has 178 valence electrons. The lowest BCUT2D eigenvalue weighted by Crippen LogP contribution is -2.23. The van der Waals surface area contributed by atoms with E-state index >= 15 is 0 Å². The lowest BCUT2D eigenvalue weighted by atomic mass is 10.2. The van der Waals surface area contributed by atoms with Gasteiger partial charge in [0.15, 0.2) is 10.5 Å². The molecule has 1 aliphatic rings. The lowest BCUT2D eigenvalue weighted by molar-refractivity contribution is -0.0964. The summed E-state index contributed by atoms with van der Waals surface area (Å²) in [6.45, 7) is 1.01. The van der Waals surface area contributed by atoms with Crippen LogP contribution in [0.5, 0.6) is 5.75 Å². The molecule has 2 aromatic heterocycles. The lowest BCUT2D eigenvalue weighted by Gasteiger charge is -2.19. The smallest absolute Gasteiger partial charge is 0.448 e. The van der Waals surface area contributed by atoms with E-state index in [1.807, 2.05) is 4.90 Å². The molecule has 1 atom stereocenters. The Labute approximate surface area is 206 Å². The molecule has 0 bridgehead atoms. The number of amides is 1. The third kappa shape index (κ3) is 6.31. The number of pyridine rings is 1. The molecule has 34 heavy (non-hydrogen) atoms. The molecule has 1 amide bonds. The number of aliphatic imine (C=N–C) groups is 1. The number of benzene rings is 1. The van der Waals surface area contributed by atoms with E-state index in [-0.39, 0.29) is 11.3 Å². The van der Waals surface area contributed by atoms with Crippen molar-refractivity contribution >= 4 is 56.8 Å². The summed E-state index contributed by atoms with van der Waals surface area (Å²) in [6.07, 6.45) is 3.05. The number of hydrogen-bond acceptors (Lipinski definition) is 7. The van der Waals surface area contributed by atoms with E-state index in [9.17, 15) is 18.7 Å². The van der Waals surface area contributed by atoms with Gasteiger partial charge in [-0.05, 0) is 64.8 Å². The van der Waals surface area contributed by atoms with Gasteiger partial charge < -0.3 is 24.5 Å². The number of nitrogens with one attached hydrogen (secondary N) is 1. The van der Waals surface area contributed by atoms with Crippen molar-refractivity contribution in [3.05, 3.63) is 64.7 Å². The third-order valence-electron chi connectivity index (χ3n) is 4.84. The highest BCUT2D eigenvalue weighted by atomic mass is 79.9. The van der Waals surface area contributed by atoms with Crippen molar-refractivity contribution in [3.63, 3.8) is 0 Å². The van der Waals surface area contributed by atoms with E-state index in [4.69, 9.17) is 16.0 Å². The summed E-state index contributed by atoms with van der Waals surface area (Å²) < 4.78 is 35.7. The van der Waals surface area contributed by atoms with Gasteiger partial charge in [0.05, 0.1) is 17.9 Å². The summed E-state index contributed by atoms with van der Waals surface area (Å²) in [4.78, 5) is 23.5. The standard InChI is InChI=1S/C22H18BrClF2N4O4/c23-19-6-5-17(33-19)11-27-18-9-13(10-28-20(18)30-8-7-15(31)12-30)21(32)29-14-1-3-16(4-2-14)34-22(24,25)26/h1-6,9-11,15,31H,7-8,12H2,(H,29,32). The van der Waals surface area contributed by atoms with E-state index in [2.05, 4.69) is 36.0 Å². The average Bonchev–Trinajstić information content (AvgIpc) is 3.40. The van der Waals surface area contributed by atoms with Crippen LogP contribution >= 0.6 is 27.5 Å². The van der Waals surface area contributed by atoms with E-state index in [0.717, 1.165) is 0 Å². The molecule has 0 spiro atoms. The predicted molar refractivity (Wildman–Crippen MR) is 127 cm³/mol. The number of aliphatic hydroxyl groups is 1. The zero-order chi connectivity index (χ0) is 24.3. The second-order valence-electron chi connectivity index (χ2n) is 7.38. The highest BCUT2D eigenvalue weighted by molar-refractivity contribution is 9.10. The second-order valence-corrected chi connectivity index (χ2v) is 8.60. The fourth-order valence-electron chi connectivity index (χ4n) is 3.32. The number of anilines is 2. The summed E-state index contributed by atoms with van der Waals surface area (Å²) >= 11 is 7.98. The van der Waals surface area contributed by atoms with Crippen LogP contribution in [0.15, 0.2) is 62.7 Å². The minimum Gasteiger partial charge on any atom is -0.448 e. The number of carbonyl (C=O) groups excluding carboxylic acids is 1. The van der Waals surface area contributed by atoms with E-state index in [0.29, 0.717) is 47.1 Å². The van der Waals surface area contributed by atoms with Gasteiger partial charge in [-0.3, -0.25) is 4.79 Å². The number of rotatable bonds is 7. The van der Waals surface area contributed by atoms with Gasteiger partial charge >= 0.3 is 5.57 Å². The SMILES string of the molecule is O=C(Nc1ccc(OC(F)(F)Cl)cc1)c1cnc(N2CCC(O)C2)c(N=Cc2ccc(Br)o2)c1. The van der Waals surface area contributed by atoms with Crippen molar-refractivity contribution in [3.8, 4) is 5.75 Å². The number of halogens is 4. The van der Waals surface area contributed by atoms with Crippen molar-refractivity contribution in [2.24, 2.45) is 4.99 Å². The number of β-amino-alcohol motifs (C(OH)–C–C–N with tert-alkyl or cyclic N) is 1. The molecule has 1 saturated heterocycles. The van der Waals surface area contributed by atoms with Crippen LogP contribution in [0.25, 0.3) is 0 Å². The molecule has 8 nitrogen and oxygen atoms in total. The minimum atomic E-state index is -3.83. The summed E-state index contributed by atoms with van der Waals surface area (Å²) in [7, 11) is 0. The maximum Gasteiger partial charge on any atom is 0.487 e. The number of alkyl halides is 3. The molecule has 0 aliphatic carbocycles. The van der Waals surface area contributed by atoms with Gasteiger partial charge in [-0.1, -0.05) is 0 Å². The molecule has 12 heteroatoms. The Balaban J connectivity index is 1.55. The van der Waals surface area contributed by atoms with Crippen LogP contribution in [-0.2, 0) is 0 Å². The Morgan fingerprint density at radius 2 is 2.12 bits per heavy atom. The number of carbonyl (C=O) groups is 1. The molecule has 1 fully saturated rings. The van der Waals surface area contributed by atoms with Gasteiger partial charge in [-0.15, -0.1) is 8.78 Å². The highest BCUT2D eigenvalue weighted by Gasteiger charge is 2.27. The summed E-state index contributed by atoms with van der Waals surface area (Å²) in [5, 5.41) is 12.6. The van der Waals surface area contributed by atoms with Crippen LogP contribution in [0.1, 0.15) is 22.5 Å². The topological polar surface area (TPSA) is 100 Å². The summed E-state index contributed by atoms with van der Waals surface area (Å²) in [6, 6.07) is 10.3. The van der Waals surface area contributed by atoms with Crippen molar-refractivity contribution in [1.82, 2.24) is 4.98 Å². The first-order valence-corrected chi connectivity index (χ1v) is 11.2. The molecule has 4 rings (SSSR count). The van der Waals surface area contributed by atoms with Crippen LogP contribution in [0.4, 0.5) is 26.0 Å². The Bertz CT molecular complexity index is 1200. The number of aliphatic hydroxyl groups excluding tert-OH is 1. The second kappa shape index (κ2) is 10.1. The first-order chi connectivity index (χ1) is 16.2. The third-order valence-corrected chi connectivity index (χ3v) is 5.35. The van der Waals surface area contributed by atoms with Crippen molar-refractivity contribution in [1.29, 1.82) is 0 Å². The van der Waals surface area contributed by atoms with E-state index in [1.165, 1.54) is 36.7 Å². The molecule has 1 aromatic carbocycles. The molecular weight excluding hydrogens is 538 g/mol. The Kier molecular flexibility index (Phi) is 7.15. The first kappa shape index (κ1) is 24.1. The molecule has 3 aromatic rings. The number of nitrogens with zero attached hydrogens (tertiary/aromatic N) is 3. The van der Waals surface area contributed by atoms with Crippen LogP contribution < -0.4 is 15.0 Å². The zero-order valence-electron chi connectivity index (χ0n) is 17.4. The van der Waals surface area contributed by atoms with Gasteiger partial charge in [-0.2, -0.15) is 0 Å². The Morgan fingerprint density at radius 3 is 2.74 bits per heavy atom. The highest BCUT2D eigenvalue weighted by Crippen LogP contribution is 2.31. The van der Waals surface area contributed by atoms with Gasteiger partial charge in [0.2, 0.25) is 0 Å². The van der Waals surface area contributed by atoms with Gasteiger partial charge in [0, 0.05) is 36.6 Å². The maximum atomic E-state index is 12.8. The fraction of sp³-hybridized carbons (Fsp3) is 0.227. The molecular formula is C22H18BrClF2N4O4. The van der Waals surface area contributed by atoms with E-state index in [1.54, 1.807) is 18.2 Å². The largest absolute Gasteiger partial charge is 0.487 e. The molecule has 3 heterocycles. The monoisotopic (exact) mass is 554 g/mol. The number of ether oxygens (including phenoxy) is 1. The Morgan fingerprint density at radius 1 is 1.35 bits per heavy atom. The number of hydrogen-bond donors (Lipinski definition) is 2. The molecule has 0 saturated carbocycles. The van der Waals surface area contributed by atoms with Gasteiger partial charge in [-0.25, -0.2) is 9.98 Å². The number of furan rings is 1. The van der Waals surface area contributed by atoms with Crippen molar-refractivity contribution < 1.29 is 27.8 Å². The van der Waals surface area contributed by atoms with Gasteiger partial charge in [0.1, 0.15) is 17.2 Å². The first-order valence-electron chi connectivity index (χ1n) is 10.1. The Hall–Kier alpha value is -3.02. The quantitative estimate of drug-likeness (QED) is 0.308. The number of aromatic nitrogens is 1. The maximum absolute atomic E-state index is 12.8. The molecule has 1 aliphatic heterocycles. The minimum absolute atomic E-state index is 0.155. The normalized spacial score (nSPS) is 16.3. The van der Waals surface area contributed by atoms with Gasteiger partial charge in [0.25, 0.3) is 5.91 Å². The fourth-order valence-corrected chi connectivity index (χ4v) is 3.73.